The van der Waals surface area contributed by atoms with Gasteiger partial charge in [-0.3, -0.25) is 10.1 Å². The van der Waals surface area contributed by atoms with E-state index < -0.39 is 4.92 Å². The van der Waals surface area contributed by atoms with Gasteiger partial charge in [0.2, 0.25) is 0 Å². The molecule has 0 spiro atoms. The van der Waals surface area contributed by atoms with Crippen molar-refractivity contribution in [3.63, 3.8) is 0 Å². The maximum atomic E-state index is 10.5. The van der Waals surface area contributed by atoms with E-state index in [1.54, 1.807) is 12.1 Å². The smallest absolute Gasteiger partial charge is 0.269 e. The molecule has 1 aliphatic carbocycles. The van der Waals surface area contributed by atoms with Crippen molar-refractivity contribution in [2.45, 2.75) is 18.9 Å². The highest BCUT2D eigenvalue weighted by Gasteiger charge is 2.28. The second-order valence-corrected chi connectivity index (χ2v) is 3.92. The van der Waals surface area contributed by atoms with E-state index in [1.165, 1.54) is 12.1 Å². The molecule has 0 aliphatic heterocycles. The van der Waals surface area contributed by atoms with Gasteiger partial charge in [-0.15, -0.1) is 0 Å². The van der Waals surface area contributed by atoms with Crippen LogP contribution in [0.1, 0.15) is 12.8 Å². The van der Waals surface area contributed by atoms with Crippen LogP contribution in [-0.4, -0.2) is 29.2 Å². The van der Waals surface area contributed by atoms with E-state index in [9.17, 15) is 10.1 Å². The molecule has 1 aliphatic rings. The third-order valence-corrected chi connectivity index (χ3v) is 2.72. The van der Waals surface area contributed by atoms with E-state index >= 15 is 0 Å². The van der Waals surface area contributed by atoms with Gasteiger partial charge < -0.3 is 10.0 Å². The lowest BCUT2D eigenvalue weighted by molar-refractivity contribution is -0.384. The van der Waals surface area contributed by atoms with Crippen LogP contribution in [0.15, 0.2) is 24.3 Å². The molecule has 0 aromatic heterocycles. The summed E-state index contributed by atoms with van der Waals surface area (Å²) < 4.78 is 0. The first-order valence-electron chi connectivity index (χ1n) is 5.34. The topological polar surface area (TPSA) is 66.6 Å². The van der Waals surface area contributed by atoms with Gasteiger partial charge in [-0.2, -0.15) is 0 Å². The summed E-state index contributed by atoms with van der Waals surface area (Å²) in [6.45, 7) is 0.690. The SMILES string of the molecule is O=[N+]([O-])c1ccc(N(CCO)C2CC2)cc1. The van der Waals surface area contributed by atoms with Gasteiger partial charge >= 0.3 is 0 Å². The largest absolute Gasteiger partial charge is 0.395 e. The molecule has 1 saturated carbocycles. The van der Waals surface area contributed by atoms with Crippen LogP contribution in [0.2, 0.25) is 0 Å². The van der Waals surface area contributed by atoms with Gasteiger partial charge in [0, 0.05) is 30.4 Å². The average molecular weight is 222 g/mol. The maximum Gasteiger partial charge on any atom is 0.269 e. The first-order valence-corrected chi connectivity index (χ1v) is 5.34. The Bertz CT molecular complexity index is 373. The van der Waals surface area contributed by atoms with E-state index in [2.05, 4.69) is 4.90 Å². The van der Waals surface area contributed by atoms with Crippen molar-refractivity contribution in [3.05, 3.63) is 34.4 Å². The van der Waals surface area contributed by atoms with Crippen molar-refractivity contribution in [2.24, 2.45) is 0 Å². The highest BCUT2D eigenvalue weighted by Crippen LogP contribution is 2.31. The van der Waals surface area contributed by atoms with E-state index in [0.29, 0.717) is 12.6 Å². The Hall–Kier alpha value is -1.62. The second kappa shape index (κ2) is 4.49. The van der Waals surface area contributed by atoms with Crippen molar-refractivity contribution in [1.82, 2.24) is 0 Å². The first-order chi connectivity index (χ1) is 7.72. The Labute approximate surface area is 93.5 Å². The summed E-state index contributed by atoms with van der Waals surface area (Å²) in [5, 5.41) is 19.5. The normalized spacial score (nSPS) is 14.8. The molecule has 1 fully saturated rings. The quantitative estimate of drug-likeness (QED) is 0.606. The third kappa shape index (κ3) is 2.30. The van der Waals surface area contributed by atoms with Crippen molar-refractivity contribution >= 4 is 11.4 Å². The van der Waals surface area contributed by atoms with Gasteiger partial charge in [-0.1, -0.05) is 0 Å². The summed E-state index contributed by atoms with van der Waals surface area (Å²) in [5.74, 6) is 0. The molecule has 0 bridgehead atoms. The van der Waals surface area contributed by atoms with Crippen LogP contribution in [0.5, 0.6) is 0 Å². The number of benzene rings is 1. The molecular weight excluding hydrogens is 208 g/mol. The van der Waals surface area contributed by atoms with Gasteiger partial charge in [-0.25, -0.2) is 0 Å². The highest BCUT2D eigenvalue weighted by molar-refractivity contribution is 5.52. The summed E-state index contributed by atoms with van der Waals surface area (Å²) >= 11 is 0. The van der Waals surface area contributed by atoms with E-state index in [0.717, 1.165) is 18.5 Å². The van der Waals surface area contributed by atoms with Crippen LogP contribution < -0.4 is 4.90 Å². The number of hydrogen-bond donors (Lipinski definition) is 1. The van der Waals surface area contributed by atoms with Gasteiger partial charge in [0.05, 0.1) is 11.5 Å². The van der Waals surface area contributed by atoms with Crippen molar-refractivity contribution in [2.75, 3.05) is 18.1 Å². The Balaban J connectivity index is 2.14. The van der Waals surface area contributed by atoms with Crippen LogP contribution in [0.25, 0.3) is 0 Å². The fourth-order valence-corrected chi connectivity index (χ4v) is 1.78. The molecule has 0 atom stereocenters. The fraction of sp³-hybridized carbons (Fsp3) is 0.455. The van der Waals surface area contributed by atoms with Gasteiger partial charge in [-0.05, 0) is 25.0 Å². The Kier molecular flexibility index (Phi) is 3.05. The number of nitrogens with zero attached hydrogens (tertiary/aromatic N) is 2. The molecule has 0 saturated heterocycles. The first kappa shape index (κ1) is 10.9. The lowest BCUT2D eigenvalue weighted by Crippen LogP contribution is -2.28. The lowest BCUT2D eigenvalue weighted by Gasteiger charge is -2.23. The monoisotopic (exact) mass is 222 g/mol. The highest BCUT2D eigenvalue weighted by atomic mass is 16.6. The van der Waals surface area contributed by atoms with Gasteiger partial charge in [0.25, 0.3) is 5.69 Å². The summed E-state index contributed by atoms with van der Waals surface area (Å²) in [6.07, 6.45) is 2.27. The zero-order valence-electron chi connectivity index (χ0n) is 8.87. The molecule has 86 valence electrons. The maximum absolute atomic E-state index is 10.5. The number of aliphatic hydroxyl groups is 1. The number of rotatable bonds is 5. The second-order valence-electron chi connectivity index (χ2n) is 3.92. The molecule has 1 aromatic carbocycles. The number of aliphatic hydroxyl groups excluding tert-OH is 1. The van der Waals surface area contributed by atoms with Crippen LogP contribution >= 0.6 is 0 Å². The number of nitro groups is 1. The molecular formula is C11H14N2O3. The molecule has 5 heteroatoms. The van der Waals surface area contributed by atoms with E-state index in [4.69, 9.17) is 5.11 Å². The van der Waals surface area contributed by atoms with E-state index in [-0.39, 0.29) is 12.3 Å². The average Bonchev–Trinajstić information content (AvgIpc) is 3.10. The molecule has 16 heavy (non-hydrogen) atoms. The molecule has 1 N–H and O–H groups in total. The molecule has 1 aromatic rings. The minimum absolute atomic E-state index is 0.100. The van der Waals surface area contributed by atoms with Crippen LogP contribution in [-0.2, 0) is 0 Å². The summed E-state index contributed by atoms with van der Waals surface area (Å²) in [7, 11) is 0. The summed E-state index contributed by atoms with van der Waals surface area (Å²) in [5.41, 5.74) is 1.05. The number of anilines is 1. The van der Waals surface area contributed by atoms with E-state index in [1.807, 2.05) is 0 Å². The standard InChI is InChI=1S/C11H14N2O3/c14-8-7-12(9-1-2-9)10-3-5-11(6-4-10)13(15)16/h3-6,9,14H,1-2,7-8H2. The van der Waals surface area contributed by atoms with Crippen molar-refractivity contribution in [1.29, 1.82) is 0 Å². The van der Waals surface area contributed by atoms with Crippen molar-refractivity contribution in [3.8, 4) is 0 Å². The molecule has 5 nitrogen and oxygen atoms in total. The van der Waals surface area contributed by atoms with Gasteiger partial charge in [0.15, 0.2) is 0 Å². The third-order valence-electron chi connectivity index (χ3n) is 2.72. The Morgan fingerprint density at radius 3 is 2.44 bits per heavy atom. The van der Waals surface area contributed by atoms with Crippen LogP contribution in [0.3, 0.4) is 0 Å². The zero-order chi connectivity index (χ0) is 11.5. The van der Waals surface area contributed by atoms with Crippen molar-refractivity contribution < 1.29 is 10.0 Å². The Morgan fingerprint density at radius 2 is 2.00 bits per heavy atom. The number of nitro benzene ring substituents is 1. The number of non-ortho nitro benzene ring substituents is 1. The minimum Gasteiger partial charge on any atom is -0.395 e. The molecule has 0 heterocycles. The molecule has 0 unspecified atom stereocenters. The van der Waals surface area contributed by atoms with Crippen LogP contribution in [0, 0.1) is 10.1 Å². The molecule has 0 radical (unpaired) electrons. The predicted molar refractivity (Wildman–Crippen MR) is 60.6 cm³/mol. The Morgan fingerprint density at radius 1 is 1.38 bits per heavy atom. The summed E-state index contributed by atoms with van der Waals surface area (Å²) in [6, 6.07) is 6.98. The molecule has 0 amide bonds. The van der Waals surface area contributed by atoms with Crippen LogP contribution in [0.4, 0.5) is 11.4 Å². The lowest BCUT2D eigenvalue weighted by atomic mass is 10.2. The zero-order valence-corrected chi connectivity index (χ0v) is 8.87. The fourth-order valence-electron chi connectivity index (χ4n) is 1.78. The predicted octanol–water partition coefficient (Wildman–Crippen LogP) is 1.56. The molecule has 2 rings (SSSR count). The minimum atomic E-state index is -0.405. The number of hydrogen-bond acceptors (Lipinski definition) is 4. The van der Waals surface area contributed by atoms with Gasteiger partial charge in [0.1, 0.15) is 0 Å². The summed E-state index contributed by atoms with van der Waals surface area (Å²) in [4.78, 5) is 12.2.